The predicted molar refractivity (Wildman–Crippen MR) is 246 cm³/mol. The first-order valence-corrected chi connectivity index (χ1v) is 23.2. The van der Waals surface area contributed by atoms with E-state index in [1.807, 2.05) is 36.4 Å². The molecule has 2 saturated heterocycles. The van der Waals surface area contributed by atoms with Crippen molar-refractivity contribution in [2.75, 3.05) is 57.4 Å². The normalized spacial score (nSPS) is 20.6. The number of halogens is 1. The zero-order valence-electron chi connectivity index (χ0n) is 35.0. The van der Waals surface area contributed by atoms with Gasteiger partial charge in [0, 0.05) is 98.7 Å². The van der Waals surface area contributed by atoms with E-state index in [-0.39, 0.29) is 27.5 Å². The molecule has 1 amide bonds. The Bertz CT molecular complexity index is 2520. The third-order valence-corrected chi connectivity index (χ3v) is 14.5. The Kier molecular flexibility index (Phi) is 12.7. The van der Waals surface area contributed by atoms with Gasteiger partial charge in [0.1, 0.15) is 34.2 Å². The van der Waals surface area contributed by atoms with Gasteiger partial charge < -0.3 is 29.2 Å². The fourth-order valence-electron chi connectivity index (χ4n) is 9.38. The van der Waals surface area contributed by atoms with E-state index >= 15 is 0 Å². The molecule has 63 heavy (non-hydrogen) atoms. The first-order valence-electron chi connectivity index (χ1n) is 21.7. The van der Waals surface area contributed by atoms with E-state index in [0.717, 1.165) is 80.6 Å². The summed E-state index contributed by atoms with van der Waals surface area (Å²) in [7, 11) is 0. The van der Waals surface area contributed by atoms with Crippen molar-refractivity contribution in [2.24, 2.45) is 11.3 Å². The molecule has 4 aromatic rings. The summed E-state index contributed by atoms with van der Waals surface area (Å²) in [5.41, 5.74) is 5.81. The molecule has 16 heteroatoms. The molecule has 2 aliphatic heterocycles. The Hall–Kier alpha value is -5.45. The van der Waals surface area contributed by atoms with Crippen LogP contribution in [0.5, 0.6) is 11.5 Å². The summed E-state index contributed by atoms with van der Waals surface area (Å²) in [6, 6.07) is 17.4. The van der Waals surface area contributed by atoms with Gasteiger partial charge in [-0.1, -0.05) is 35.7 Å². The van der Waals surface area contributed by atoms with Gasteiger partial charge in [-0.15, -0.1) is 0 Å². The molecule has 1 atom stereocenters. The summed E-state index contributed by atoms with van der Waals surface area (Å²) in [4.78, 5) is 37.7. The van der Waals surface area contributed by atoms with Crippen molar-refractivity contribution in [1.29, 1.82) is 5.41 Å². The van der Waals surface area contributed by atoms with E-state index in [2.05, 4.69) is 41.9 Å². The number of nitrogens with zero attached hydrogens (tertiary/aromatic N) is 4. The van der Waals surface area contributed by atoms with Gasteiger partial charge in [-0.25, -0.2) is 4.98 Å². The average molecular weight is 891 g/mol. The molecule has 1 saturated carbocycles. The molecule has 3 aliphatic carbocycles. The van der Waals surface area contributed by atoms with Crippen LogP contribution in [0.25, 0.3) is 16.6 Å². The summed E-state index contributed by atoms with van der Waals surface area (Å²) in [5, 5.41) is 25.2. The molecule has 3 fully saturated rings. The number of aromatic amines is 1. The van der Waals surface area contributed by atoms with Gasteiger partial charge in [0.05, 0.1) is 22.8 Å². The van der Waals surface area contributed by atoms with Crippen molar-refractivity contribution in [3.8, 4) is 11.5 Å². The lowest BCUT2D eigenvalue weighted by Gasteiger charge is -2.47. The second-order valence-corrected chi connectivity index (χ2v) is 18.9. The second kappa shape index (κ2) is 18.7. The number of hydrogen-bond donors (Lipinski definition) is 4. The molecule has 2 aromatic carbocycles. The zero-order valence-corrected chi connectivity index (χ0v) is 36.6. The topological polar surface area (TPSA) is 185 Å². The SMILES string of the molecule is N=C1C([N+](=O)[O-])=CC([S+]([O-])NC(=O)c2ccc(N3CCN(CC4=C(c5ccc(Cl)cc5)CC5(CCC5)CC4)CC3)cc2Oc2cnc3[nH]ccc3c2)=C/C1=C/NCC1CCOCC1. The number of ether oxygens (including phenoxy) is 2. The number of rotatable bonds is 13. The fraction of sp³-hybridized carbons (Fsp3) is 0.383. The molecule has 1 unspecified atom stereocenters. The minimum Gasteiger partial charge on any atom is -0.588 e. The van der Waals surface area contributed by atoms with E-state index in [4.69, 9.17) is 26.5 Å². The quantitative estimate of drug-likeness (QED) is 0.0578. The number of benzene rings is 2. The highest BCUT2D eigenvalue weighted by molar-refractivity contribution is 7.94. The second-order valence-electron chi connectivity index (χ2n) is 17.2. The first kappa shape index (κ1) is 42.8. The van der Waals surface area contributed by atoms with E-state index in [1.165, 1.54) is 54.7 Å². The van der Waals surface area contributed by atoms with Crippen LogP contribution in [0.1, 0.15) is 67.3 Å². The maximum absolute atomic E-state index is 14.0. The van der Waals surface area contributed by atoms with Gasteiger partial charge in [-0.2, -0.15) is 4.72 Å². The predicted octanol–water partition coefficient (Wildman–Crippen LogP) is 8.31. The Morgan fingerprint density at radius 1 is 1.08 bits per heavy atom. The number of fused-ring (bicyclic) bond motifs is 1. The van der Waals surface area contributed by atoms with Gasteiger partial charge in [-0.3, -0.25) is 25.2 Å². The number of hydrogen-bond acceptors (Lipinski definition) is 11. The average Bonchev–Trinajstić information content (AvgIpc) is 3.75. The number of carbonyl (C=O) groups is 1. The van der Waals surface area contributed by atoms with Crippen LogP contribution in [0, 0.1) is 26.9 Å². The summed E-state index contributed by atoms with van der Waals surface area (Å²) in [6.07, 6.45) is 16.6. The zero-order chi connectivity index (χ0) is 43.5. The third kappa shape index (κ3) is 9.72. The summed E-state index contributed by atoms with van der Waals surface area (Å²) >= 11 is 4.07. The maximum Gasteiger partial charge on any atom is 0.299 e. The van der Waals surface area contributed by atoms with Gasteiger partial charge in [-0.05, 0) is 104 Å². The van der Waals surface area contributed by atoms with Crippen molar-refractivity contribution < 1.29 is 23.7 Å². The van der Waals surface area contributed by atoms with Crippen molar-refractivity contribution >= 4 is 56.9 Å². The van der Waals surface area contributed by atoms with E-state index in [9.17, 15) is 19.5 Å². The van der Waals surface area contributed by atoms with E-state index in [0.29, 0.717) is 42.5 Å². The van der Waals surface area contributed by atoms with Gasteiger partial charge in [0.25, 0.3) is 11.6 Å². The van der Waals surface area contributed by atoms with Crippen molar-refractivity contribution in [1.82, 2.24) is 24.9 Å². The molecule has 4 heterocycles. The number of H-pyrrole nitrogens is 1. The van der Waals surface area contributed by atoms with Crippen molar-refractivity contribution in [2.45, 2.75) is 51.4 Å². The fourth-order valence-corrected chi connectivity index (χ4v) is 10.4. The number of piperazine rings is 1. The van der Waals surface area contributed by atoms with Crippen LogP contribution in [-0.2, 0) is 16.1 Å². The first-order chi connectivity index (χ1) is 30.6. The molecule has 4 N–H and O–H groups in total. The van der Waals surface area contributed by atoms with Crippen molar-refractivity contribution in [3.63, 3.8) is 0 Å². The smallest absolute Gasteiger partial charge is 0.299 e. The Balaban J connectivity index is 0.920. The molecular weight excluding hydrogens is 840 g/mol. The Morgan fingerprint density at radius 3 is 2.62 bits per heavy atom. The molecule has 0 radical (unpaired) electrons. The van der Waals surface area contributed by atoms with E-state index in [1.54, 1.807) is 18.5 Å². The van der Waals surface area contributed by atoms with E-state index < -0.39 is 27.9 Å². The summed E-state index contributed by atoms with van der Waals surface area (Å²) < 4.78 is 28.2. The molecule has 9 rings (SSSR count). The van der Waals surface area contributed by atoms with Crippen LogP contribution in [0.2, 0.25) is 5.02 Å². The van der Waals surface area contributed by atoms with Crippen LogP contribution in [0.3, 0.4) is 0 Å². The number of carbonyl (C=O) groups excluding carboxylic acids is 1. The highest BCUT2D eigenvalue weighted by atomic mass is 35.5. The Labute approximate surface area is 374 Å². The molecule has 14 nitrogen and oxygen atoms in total. The highest BCUT2D eigenvalue weighted by Crippen LogP contribution is 2.55. The number of allylic oxidation sites excluding steroid dienone is 4. The minimum absolute atomic E-state index is 0.0175. The van der Waals surface area contributed by atoms with Crippen LogP contribution in [0.4, 0.5) is 5.69 Å². The number of aromatic nitrogens is 2. The number of amides is 1. The van der Waals surface area contributed by atoms with Crippen LogP contribution < -0.4 is 19.7 Å². The molecule has 0 bridgehead atoms. The number of nitro groups is 1. The largest absolute Gasteiger partial charge is 0.588 e. The number of nitrogens with one attached hydrogen (secondary N) is 4. The monoisotopic (exact) mass is 890 g/mol. The third-order valence-electron chi connectivity index (χ3n) is 13.2. The maximum atomic E-state index is 14.0. The van der Waals surface area contributed by atoms with Crippen LogP contribution >= 0.6 is 11.6 Å². The number of anilines is 1. The highest BCUT2D eigenvalue weighted by Gasteiger charge is 2.41. The van der Waals surface area contributed by atoms with Gasteiger partial charge in [0.2, 0.25) is 0 Å². The van der Waals surface area contributed by atoms with Crippen LogP contribution in [0.15, 0.2) is 107 Å². The lowest BCUT2D eigenvalue weighted by atomic mass is 9.59. The lowest BCUT2D eigenvalue weighted by molar-refractivity contribution is -0.415. The molecular formula is C47H51ClN8O6S. The van der Waals surface area contributed by atoms with Crippen LogP contribution in [-0.4, -0.2) is 88.4 Å². The molecule has 2 aromatic heterocycles. The summed E-state index contributed by atoms with van der Waals surface area (Å²) in [6.45, 7) is 6.15. The molecule has 328 valence electrons. The summed E-state index contributed by atoms with van der Waals surface area (Å²) in [5.74, 6) is 0.319. The van der Waals surface area contributed by atoms with Gasteiger partial charge in [0.15, 0.2) is 4.91 Å². The minimum atomic E-state index is -2.22. The van der Waals surface area contributed by atoms with Gasteiger partial charge >= 0.3 is 0 Å². The standard InChI is InChI=1S/C47H51ClN8O6S/c48-36-4-2-32(3-5-36)41-26-47(12-1-13-47)14-8-34(41)30-54-16-18-55(19-17-54)37-6-7-40(43(24-37)62-38-22-33-9-15-51-45(33)52-29-38)46(57)53-63(60)39-23-35(44(49)42(25-39)56(58)59)28-50-27-31-10-20-61-21-11-31/h2-7,9,15,22-25,28-29,31,49-50H,1,8,10-14,16-21,26-27,30H2,(H,51,52)(H,53,57)/b35-28-,49-44?. The molecule has 5 aliphatic rings. The van der Waals surface area contributed by atoms with Crippen molar-refractivity contribution in [3.05, 3.63) is 133 Å². The molecule has 1 spiro atoms. The number of pyridine rings is 1. The Morgan fingerprint density at radius 2 is 1.87 bits per heavy atom. The lowest BCUT2D eigenvalue weighted by Crippen LogP contribution is -2.47.